The summed E-state index contributed by atoms with van der Waals surface area (Å²) in [6.45, 7) is 4.48. The van der Waals surface area contributed by atoms with Crippen molar-refractivity contribution in [3.05, 3.63) is 167 Å². The van der Waals surface area contributed by atoms with Crippen LogP contribution in [-0.2, 0) is 0 Å². The van der Waals surface area contributed by atoms with Crippen LogP contribution in [0.2, 0.25) is 0 Å². The molecule has 0 amide bonds. The SMILES string of the molecule is CC(C)c1cc(C#N)c(-c2cccc(-c3ccccc3)c2)cc1C1=CC2(C3=CC4C=CC=CC4c4ccccc43)CC2C=C1. The molecule has 4 aromatic carbocycles. The molecule has 212 valence electrons. The average molecular weight is 566 g/mol. The van der Waals surface area contributed by atoms with Crippen LogP contribution in [0, 0.1) is 28.6 Å². The lowest BCUT2D eigenvalue weighted by Gasteiger charge is -2.34. The molecule has 1 fully saturated rings. The number of allylic oxidation sites excluding steroid dienone is 10. The fraction of sp³-hybridized carbons (Fsp3) is 0.186. The van der Waals surface area contributed by atoms with Crippen LogP contribution >= 0.6 is 0 Å². The van der Waals surface area contributed by atoms with Crippen LogP contribution in [0.5, 0.6) is 0 Å². The van der Waals surface area contributed by atoms with E-state index in [9.17, 15) is 5.26 Å². The summed E-state index contributed by atoms with van der Waals surface area (Å²) in [5.41, 5.74) is 13.2. The molecule has 44 heavy (non-hydrogen) atoms. The van der Waals surface area contributed by atoms with Gasteiger partial charge in [0, 0.05) is 22.8 Å². The topological polar surface area (TPSA) is 23.8 Å². The van der Waals surface area contributed by atoms with Gasteiger partial charge in [-0.3, -0.25) is 0 Å². The van der Waals surface area contributed by atoms with Gasteiger partial charge in [0.05, 0.1) is 11.6 Å². The Kier molecular flexibility index (Phi) is 6.28. The maximum atomic E-state index is 10.3. The summed E-state index contributed by atoms with van der Waals surface area (Å²) < 4.78 is 0. The van der Waals surface area contributed by atoms with Crippen molar-refractivity contribution in [1.82, 2.24) is 0 Å². The van der Waals surface area contributed by atoms with Crippen LogP contribution < -0.4 is 0 Å². The molecule has 1 saturated carbocycles. The normalized spacial score (nSPS) is 24.1. The molecule has 0 bridgehead atoms. The summed E-state index contributed by atoms with van der Waals surface area (Å²) in [6.07, 6.45) is 20.2. The molecule has 4 atom stereocenters. The van der Waals surface area contributed by atoms with E-state index in [1.54, 1.807) is 0 Å². The first kappa shape index (κ1) is 26.7. The van der Waals surface area contributed by atoms with Gasteiger partial charge in [-0.2, -0.15) is 5.26 Å². The van der Waals surface area contributed by atoms with E-state index in [4.69, 9.17) is 0 Å². The van der Waals surface area contributed by atoms with Crippen molar-refractivity contribution in [2.45, 2.75) is 32.1 Å². The average Bonchev–Trinajstić information content (AvgIpc) is 3.83. The summed E-state index contributed by atoms with van der Waals surface area (Å²) in [5.74, 6) is 1.62. The van der Waals surface area contributed by atoms with E-state index in [0.29, 0.717) is 23.7 Å². The van der Waals surface area contributed by atoms with Gasteiger partial charge in [-0.05, 0) is 86.5 Å². The zero-order valence-electron chi connectivity index (χ0n) is 25.2. The Balaban J connectivity index is 1.26. The Hall–Kier alpha value is -4.93. The maximum Gasteiger partial charge on any atom is 0.0998 e. The molecule has 0 aromatic heterocycles. The Morgan fingerprint density at radius 3 is 2.36 bits per heavy atom. The molecule has 4 unspecified atom stereocenters. The minimum absolute atomic E-state index is 0.00962. The summed E-state index contributed by atoms with van der Waals surface area (Å²) in [6, 6.07) is 35.1. The fourth-order valence-corrected chi connectivity index (χ4v) is 7.80. The Morgan fingerprint density at radius 2 is 1.52 bits per heavy atom. The van der Waals surface area contributed by atoms with E-state index >= 15 is 0 Å². The molecule has 4 aromatic rings. The third-order valence-electron chi connectivity index (χ3n) is 10.2. The van der Waals surface area contributed by atoms with Gasteiger partial charge < -0.3 is 0 Å². The van der Waals surface area contributed by atoms with Crippen LogP contribution in [0.3, 0.4) is 0 Å². The van der Waals surface area contributed by atoms with Crippen molar-refractivity contribution in [3.63, 3.8) is 0 Å². The minimum Gasteiger partial charge on any atom is -0.192 e. The minimum atomic E-state index is 0.00962. The highest BCUT2D eigenvalue weighted by Crippen LogP contribution is 2.67. The van der Waals surface area contributed by atoms with Crippen molar-refractivity contribution in [1.29, 1.82) is 5.26 Å². The molecule has 0 N–H and O–H groups in total. The van der Waals surface area contributed by atoms with Gasteiger partial charge >= 0.3 is 0 Å². The number of nitriles is 1. The molecule has 8 rings (SSSR count). The molecule has 0 saturated heterocycles. The lowest BCUT2D eigenvalue weighted by atomic mass is 9.69. The smallest absolute Gasteiger partial charge is 0.0998 e. The van der Waals surface area contributed by atoms with Gasteiger partial charge in [-0.1, -0.05) is 135 Å². The summed E-state index contributed by atoms with van der Waals surface area (Å²) >= 11 is 0. The Labute approximate surface area is 260 Å². The second-order valence-corrected chi connectivity index (χ2v) is 13.0. The quantitative estimate of drug-likeness (QED) is 0.236. The van der Waals surface area contributed by atoms with Crippen LogP contribution in [0.1, 0.15) is 59.9 Å². The van der Waals surface area contributed by atoms with E-state index in [0.717, 1.165) is 28.7 Å². The van der Waals surface area contributed by atoms with Gasteiger partial charge in [-0.25, -0.2) is 0 Å². The molecule has 0 radical (unpaired) electrons. The van der Waals surface area contributed by atoms with Crippen molar-refractivity contribution in [2.75, 3.05) is 0 Å². The van der Waals surface area contributed by atoms with Crippen molar-refractivity contribution in [2.24, 2.45) is 17.3 Å². The molecule has 1 nitrogen and oxygen atoms in total. The van der Waals surface area contributed by atoms with E-state index in [-0.39, 0.29) is 5.41 Å². The van der Waals surface area contributed by atoms with Gasteiger partial charge in [-0.15, -0.1) is 0 Å². The molecule has 4 aliphatic rings. The second-order valence-electron chi connectivity index (χ2n) is 13.0. The monoisotopic (exact) mass is 565 g/mol. The first-order valence-electron chi connectivity index (χ1n) is 15.9. The Bertz CT molecular complexity index is 1990. The van der Waals surface area contributed by atoms with Crippen LogP contribution in [-0.4, -0.2) is 0 Å². The molecule has 0 spiro atoms. The fourth-order valence-electron chi connectivity index (χ4n) is 7.80. The Morgan fingerprint density at radius 1 is 0.750 bits per heavy atom. The van der Waals surface area contributed by atoms with Crippen molar-refractivity contribution < 1.29 is 0 Å². The lowest BCUT2D eigenvalue weighted by molar-refractivity contribution is 0.669. The van der Waals surface area contributed by atoms with E-state index in [1.807, 2.05) is 6.07 Å². The first-order valence-corrected chi connectivity index (χ1v) is 15.9. The highest BCUT2D eigenvalue weighted by Gasteiger charge is 2.56. The predicted molar refractivity (Wildman–Crippen MR) is 183 cm³/mol. The van der Waals surface area contributed by atoms with Crippen molar-refractivity contribution >= 4 is 11.1 Å². The number of hydrogen-bond donors (Lipinski definition) is 0. The highest BCUT2D eigenvalue weighted by atomic mass is 14.6. The zero-order chi connectivity index (χ0) is 29.8. The van der Waals surface area contributed by atoms with Crippen LogP contribution in [0.4, 0.5) is 0 Å². The highest BCUT2D eigenvalue weighted by molar-refractivity contribution is 5.90. The molecule has 1 heteroatoms. The molecular weight excluding hydrogens is 530 g/mol. The lowest BCUT2D eigenvalue weighted by Crippen LogP contribution is -2.20. The molecule has 4 aliphatic carbocycles. The second kappa shape index (κ2) is 10.4. The largest absolute Gasteiger partial charge is 0.192 e. The maximum absolute atomic E-state index is 10.3. The number of hydrogen-bond acceptors (Lipinski definition) is 1. The molecule has 0 aliphatic heterocycles. The zero-order valence-corrected chi connectivity index (χ0v) is 25.2. The summed E-state index contributed by atoms with van der Waals surface area (Å²) in [7, 11) is 0. The number of nitrogens with zero attached hydrogens (tertiary/aromatic N) is 1. The standard InChI is InChI=1S/C43H35N/c1-28(2)39-22-34(27-44)40(31-15-10-14-30(21-31)29-11-4-3-5-12-29)24-41(39)33-19-20-35-26-43(35,25-33)42-23-32-13-6-7-16-36(32)37-17-8-9-18-38(37)42/h3-25,28,32,35-36H,26H2,1-2H3. The molecular formula is C43H35N. The van der Waals surface area contributed by atoms with Crippen LogP contribution in [0.25, 0.3) is 33.4 Å². The summed E-state index contributed by atoms with van der Waals surface area (Å²) in [4.78, 5) is 0. The van der Waals surface area contributed by atoms with E-state index in [2.05, 4.69) is 153 Å². The molecule has 0 heterocycles. The van der Waals surface area contributed by atoms with E-state index in [1.165, 1.54) is 39.0 Å². The summed E-state index contributed by atoms with van der Waals surface area (Å²) in [5, 5.41) is 10.3. The predicted octanol–water partition coefficient (Wildman–Crippen LogP) is 10.9. The third kappa shape index (κ3) is 4.29. The third-order valence-corrected chi connectivity index (χ3v) is 10.2. The van der Waals surface area contributed by atoms with Crippen molar-refractivity contribution in [3.8, 4) is 28.3 Å². The van der Waals surface area contributed by atoms with Gasteiger partial charge in [0.2, 0.25) is 0 Å². The van der Waals surface area contributed by atoms with E-state index < -0.39 is 0 Å². The van der Waals surface area contributed by atoms with Gasteiger partial charge in [0.1, 0.15) is 0 Å². The number of rotatable bonds is 5. The van der Waals surface area contributed by atoms with Crippen LogP contribution in [0.15, 0.2) is 140 Å². The first-order chi connectivity index (χ1) is 21.6. The van der Waals surface area contributed by atoms with Gasteiger partial charge in [0.25, 0.3) is 0 Å². The number of fused-ring (bicyclic) bond motifs is 4. The van der Waals surface area contributed by atoms with Gasteiger partial charge in [0.15, 0.2) is 0 Å². The number of benzene rings is 4.